The van der Waals surface area contributed by atoms with E-state index in [0.29, 0.717) is 29.6 Å². The molecule has 184 valence electrons. The quantitative estimate of drug-likeness (QED) is 0.521. The molecule has 0 bridgehead atoms. The van der Waals surface area contributed by atoms with E-state index in [2.05, 4.69) is 25.7 Å². The Morgan fingerprint density at radius 3 is 2.86 bits per heavy atom. The zero-order valence-electron chi connectivity index (χ0n) is 19.8. The first-order valence-corrected chi connectivity index (χ1v) is 10.9. The first kappa shape index (κ1) is 23.9. The van der Waals surface area contributed by atoms with Crippen molar-refractivity contribution < 1.29 is 28.5 Å². The lowest BCUT2D eigenvalue weighted by atomic mass is 10.1. The van der Waals surface area contributed by atoms with Gasteiger partial charge in [0.05, 0.1) is 13.7 Å². The fourth-order valence-electron chi connectivity index (χ4n) is 3.32. The van der Waals surface area contributed by atoms with Crippen LogP contribution < -0.4 is 14.8 Å². The Morgan fingerprint density at radius 2 is 2.09 bits per heavy atom. The Labute approximate surface area is 201 Å². The van der Waals surface area contributed by atoms with Gasteiger partial charge in [-0.15, -0.1) is 10.2 Å². The number of alkyl carbamates (subject to hydrolysis) is 1. The number of methoxy groups -OCH3 is 1. The number of carbonyl (C=O) groups excluding carboxylic acids is 2. The number of rotatable bonds is 6. The van der Waals surface area contributed by atoms with Crippen LogP contribution in [0.3, 0.4) is 0 Å². The largest absolute Gasteiger partial charge is 0.484 e. The van der Waals surface area contributed by atoms with Crippen LogP contribution in [-0.2, 0) is 20.8 Å². The zero-order chi connectivity index (χ0) is 25.0. The van der Waals surface area contributed by atoms with Gasteiger partial charge in [0, 0.05) is 11.8 Å². The molecule has 0 saturated heterocycles. The number of aromatic nitrogens is 5. The molecule has 2 atom stereocenters. The number of nitrogens with one attached hydrogen (secondary N) is 1. The summed E-state index contributed by atoms with van der Waals surface area (Å²) < 4.78 is 21.7. The number of hydrogen-bond acceptors (Lipinski definition) is 10. The number of benzene rings is 1. The van der Waals surface area contributed by atoms with Crippen molar-refractivity contribution in [2.45, 2.75) is 45.1 Å². The van der Waals surface area contributed by atoms with E-state index in [4.69, 9.17) is 18.9 Å². The van der Waals surface area contributed by atoms with Crippen molar-refractivity contribution in [3.63, 3.8) is 0 Å². The van der Waals surface area contributed by atoms with E-state index < -0.39 is 23.7 Å². The first-order chi connectivity index (χ1) is 16.7. The van der Waals surface area contributed by atoms with Crippen molar-refractivity contribution in [3.8, 4) is 23.0 Å². The summed E-state index contributed by atoms with van der Waals surface area (Å²) in [6.45, 7) is 5.40. The molecule has 2 aromatic heterocycles. The lowest BCUT2D eigenvalue weighted by Crippen LogP contribution is -2.46. The minimum atomic E-state index is -1.07. The summed E-state index contributed by atoms with van der Waals surface area (Å²) in [5.74, 6) is 0.706. The molecule has 12 heteroatoms. The van der Waals surface area contributed by atoms with E-state index in [1.807, 2.05) is 24.3 Å². The van der Waals surface area contributed by atoms with Crippen LogP contribution in [0.2, 0.25) is 0 Å². The van der Waals surface area contributed by atoms with Crippen molar-refractivity contribution in [3.05, 3.63) is 48.2 Å². The summed E-state index contributed by atoms with van der Waals surface area (Å²) in [6, 6.07) is 9.99. The molecule has 1 aliphatic rings. The Bertz CT molecular complexity index is 1210. The number of hydrogen-bond donors (Lipinski definition) is 1. The van der Waals surface area contributed by atoms with Gasteiger partial charge < -0.3 is 24.3 Å². The second-order valence-corrected chi connectivity index (χ2v) is 8.74. The first-order valence-electron chi connectivity index (χ1n) is 10.9. The zero-order valence-corrected chi connectivity index (χ0v) is 19.8. The van der Waals surface area contributed by atoms with Gasteiger partial charge in [-0.3, -0.25) is 0 Å². The van der Waals surface area contributed by atoms with E-state index >= 15 is 0 Å². The average molecular weight is 482 g/mol. The standard InChI is InChI=1S/C23H26N6O6/c1-23(2,3)35-22(31)25-16(21(30)32-4)12-29-27-19(26-28-29)15-8-5-7-14(11-15)18-13-33-17-9-6-10-24-20(17)34-18/h5-11,16,18H,12-13H2,1-4H3,(H,25,31)/t16-,18-/m0/s1. The molecule has 1 aromatic carbocycles. The maximum atomic E-state index is 12.2. The van der Waals surface area contributed by atoms with Gasteiger partial charge >= 0.3 is 12.1 Å². The molecule has 0 radical (unpaired) electrons. The van der Waals surface area contributed by atoms with Gasteiger partial charge in [0.2, 0.25) is 5.82 Å². The van der Waals surface area contributed by atoms with E-state index in [1.165, 1.54) is 11.9 Å². The molecule has 0 spiro atoms. The van der Waals surface area contributed by atoms with Crippen LogP contribution in [0.4, 0.5) is 4.79 Å². The third-order valence-electron chi connectivity index (χ3n) is 4.87. The molecule has 3 aromatic rings. The molecule has 0 unspecified atom stereocenters. The number of esters is 1. The number of fused-ring (bicyclic) bond motifs is 1. The lowest BCUT2D eigenvalue weighted by molar-refractivity contribution is -0.143. The summed E-state index contributed by atoms with van der Waals surface area (Å²) in [5.41, 5.74) is 0.827. The molecule has 35 heavy (non-hydrogen) atoms. The van der Waals surface area contributed by atoms with Gasteiger partial charge in [-0.05, 0) is 49.7 Å². The third kappa shape index (κ3) is 6.02. The molecule has 0 fully saturated rings. The number of carbonyl (C=O) groups is 2. The highest BCUT2D eigenvalue weighted by Crippen LogP contribution is 2.34. The SMILES string of the molecule is COC(=O)[C@H](Cn1nnc(-c2cccc([C@@H]3COc4cccnc4O3)c2)n1)NC(=O)OC(C)(C)C. The predicted octanol–water partition coefficient (Wildman–Crippen LogP) is 2.31. The van der Waals surface area contributed by atoms with Gasteiger partial charge in [0.15, 0.2) is 17.9 Å². The molecule has 4 rings (SSSR count). The molecular formula is C23H26N6O6. The van der Waals surface area contributed by atoms with Crippen molar-refractivity contribution >= 4 is 12.1 Å². The maximum Gasteiger partial charge on any atom is 0.408 e. The van der Waals surface area contributed by atoms with Gasteiger partial charge in [-0.25, -0.2) is 14.6 Å². The van der Waals surface area contributed by atoms with E-state index in [-0.39, 0.29) is 12.6 Å². The second-order valence-electron chi connectivity index (χ2n) is 8.74. The highest BCUT2D eigenvalue weighted by atomic mass is 16.6. The average Bonchev–Trinajstić information content (AvgIpc) is 3.30. The minimum absolute atomic E-state index is 0.0966. The van der Waals surface area contributed by atoms with Crippen molar-refractivity contribution in [2.24, 2.45) is 0 Å². The number of pyridine rings is 1. The number of ether oxygens (including phenoxy) is 4. The van der Waals surface area contributed by atoms with Crippen LogP contribution >= 0.6 is 0 Å². The molecule has 0 saturated carbocycles. The van der Waals surface area contributed by atoms with Crippen LogP contribution in [0.5, 0.6) is 11.6 Å². The van der Waals surface area contributed by atoms with Gasteiger partial charge in [-0.1, -0.05) is 18.2 Å². The molecular weight excluding hydrogens is 456 g/mol. The van der Waals surface area contributed by atoms with Gasteiger partial charge in [-0.2, -0.15) is 4.80 Å². The molecule has 3 heterocycles. The monoisotopic (exact) mass is 482 g/mol. The fraction of sp³-hybridized carbons (Fsp3) is 0.391. The third-order valence-corrected chi connectivity index (χ3v) is 4.87. The topological polar surface area (TPSA) is 140 Å². The van der Waals surface area contributed by atoms with Crippen molar-refractivity contribution in [1.29, 1.82) is 0 Å². The molecule has 12 nitrogen and oxygen atoms in total. The van der Waals surface area contributed by atoms with Crippen LogP contribution in [0.15, 0.2) is 42.6 Å². The second kappa shape index (κ2) is 9.95. The smallest absolute Gasteiger partial charge is 0.408 e. The number of amides is 1. The molecule has 0 aliphatic carbocycles. The number of nitrogens with zero attached hydrogens (tertiary/aromatic N) is 5. The van der Waals surface area contributed by atoms with Gasteiger partial charge in [0.25, 0.3) is 5.88 Å². The summed E-state index contributed by atoms with van der Waals surface area (Å²) in [7, 11) is 1.22. The fourth-order valence-corrected chi connectivity index (χ4v) is 3.32. The summed E-state index contributed by atoms with van der Waals surface area (Å²) in [5, 5.41) is 14.9. The normalized spacial score (nSPS) is 15.7. The number of tetrazole rings is 1. The van der Waals surface area contributed by atoms with Crippen LogP contribution in [0.1, 0.15) is 32.4 Å². The molecule has 1 aliphatic heterocycles. The predicted molar refractivity (Wildman–Crippen MR) is 122 cm³/mol. The minimum Gasteiger partial charge on any atom is -0.484 e. The van der Waals surface area contributed by atoms with E-state index in [0.717, 1.165) is 5.56 Å². The van der Waals surface area contributed by atoms with Crippen LogP contribution in [0.25, 0.3) is 11.4 Å². The highest BCUT2D eigenvalue weighted by molar-refractivity contribution is 5.81. The van der Waals surface area contributed by atoms with Crippen LogP contribution in [0, 0.1) is 0 Å². The van der Waals surface area contributed by atoms with Crippen molar-refractivity contribution in [2.75, 3.05) is 13.7 Å². The maximum absolute atomic E-state index is 12.2. The Balaban J connectivity index is 1.47. The summed E-state index contributed by atoms with van der Waals surface area (Å²) in [6.07, 6.45) is 0.531. The molecule has 1 N–H and O–H groups in total. The van der Waals surface area contributed by atoms with Crippen molar-refractivity contribution in [1.82, 2.24) is 30.5 Å². The van der Waals surface area contributed by atoms with E-state index in [1.54, 1.807) is 39.1 Å². The van der Waals surface area contributed by atoms with Gasteiger partial charge in [0.1, 0.15) is 12.2 Å². The summed E-state index contributed by atoms with van der Waals surface area (Å²) >= 11 is 0. The molecule has 1 amide bonds. The lowest BCUT2D eigenvalue weighted by Gasteiger charge is -2.25. The van der Waals surface area contributed by atoms with E-state index in [9.17, 15) is 9.59 Å². The Morgan fingerprint density at radius 1 is 1.26 bits per heavy atom. The van der Waals surface area contributed by atoms with Crippen LogP contribution in [-0.4, -0.2) is 62.6 Å². The summed E-state index contributed by atoms with van der Waals surface area (Å²) in [4.78, 5) is 29.7. The highest BCUT2D eigenvalue weighted by Gasteiger charge is 2.27. The Kier molecular flexibility index (Phi) is 6.80. The Hall–Kier alpha value is -4.22.